The molecule has 14 heavy (non-hydrogen) atoms. The maximum absolute atomic E-state index is 6.03. The number of halogens is 2. The van der Waals surface area contributed by atoms with Gasteiger partial charge in [-0.3, -0.25) is 0 Å². The van der Waals surface area contributed by atoms with Gasteiger partial charge in [-0.15, -0.1) is 0 Å². The molecule has 0 spiro atoms. The van der Waals surface area contributed by atoms with Crippen LogP contribution >= 0.6 is 23.2 Å². The van der Waals surface area contributed by atoms with Crippen molar-refractivity contribution in [2.24, 2.45) is 0 Å². The van der Waals surface area contributed by atoms with Crippen molar-refractivity contribution in [2.75, 3.05) is 0 Å². The molecule has 0 bridgehead atoms. The van der Waals surface area contributed by atoms with Crippen LogP contribution < -0.4 is 5.32 Å². The summed E-state index contributed by atoms with van der Waals surface area (Å²) in [5, 5.41) is 4.82. The third-order valence-electron chi connectivity index (χ3n) is 2.30. The smallest absolute Gasteiger partial charge is 0.0465 e. The first-order valence-corrected chi connectivity index (χ1v) is 5.57. The molecule has 0 aromatic heterocycles. The molecule has 1 nitrogen and oxygen atoms in total. The van der Waals surface area contributed by atoms with Crippen LogP contribution in [0.2, 0.25) is 10.0 Å². The van der Waals surface area contributed by atoms with Crippen molar-refractivity contribution in [1.29, 1.82) is 0 Å². The number of nitrogens with one attached hydrogen (secondary N) is 1. The first-order valence-electron chi connectivity index (χ1n) is 4.81. The molecule has 1 aromatic carbocycles. The molecule has 78 valence electrons. The minimum absolute atomic E-state index is 0.488. The molecule has 1 unspecified atom stereocenters. The van der Waals surface area contributed by atoms with E-state index >= 15 is 0 Å². The van der Waals surface area contributed by atoms with E-state index < -0.39 is 0 Å². The lowest BCUT2D eigenvalue weighted by Crippen LogP contribution is -2.24. The molecule has 0 heterocycles. The average molecular weight is 232 g/mol. The molecule has 0 aliphatic rings. The number of rotatable bonds is 4. The van der Waals surface area contributed by atoms with Crippen molar-refractivity contribution in [2.45, 2.75) is 32.9 Å². The summed E-state index contributed by atoms with van der Waals surface area (Å²) in [6, 6.07) is 6.07. The Kier molecular flexibility index (Phi) is 4.73. The second-order valence-corrected chi connectivity index (χ2v) is 4.20. The molecule has 1 atom stereocenters. The van der Waals surface area contributed by atoms with Crippen molar-refractivity contribution in [3.05, 3.63) is 33.8 Å². The van der Waals surface area contributed by atoms with Crippen LogP contribution in [0.4, 0.5) is 0 Å². The zero-order valence-corrected chi connectivity index (χ0v) is 9.99. The minimum atomic E-state index is 0.488. The van der Waals surface area contributed by atoms with Crippen LogP contribution in [0.15, 0.2) is 18.2 Å². The fourth-order valence-electron chi connectivity index (χ4n) is 1.12. The second-order valence-electron chi connectivity index (χ2n) is 3.39. The Morgan fingerprint density at radius 2 is 1.86 bits per heavy atom. The van der Waals surface area contributed by atoms with Gasteiger partial charge in [0.15, 0.2) is 0 Å². The molecular weight excluding hydrogens is 217 g/mol. The van der Waals surface area contributed by atoms with Gasteiger partial charge in [-0.05, 0) is 25.5 Å². The zero-order chi connectivity index (χ0) is 10.6. The van der Waals surface area contributed by atoms with E-state index in [9.17, 15) is 0 Å². The second kappa shape index (κ2) is 5.59. The fraction of sp³-hybridized carbons (Fsp3) is 0.455. The van der Waals surface area contributed by atoms with E-state index in [4.69, 9.17) is 23.2 Å². The van der Waals surface area contributed by atoms with Gasteiger partial charge in [-0.25, -0.2) is 0 Å². The number of hydrogen-bond donors (Lipinski definition) is 1. The van der Waals surface area contributed by atoms with Crippen molar-refractivity contribution in [1.82, 2.24) is 5.32 Å². The molecule has 0 aliphatic carbocycles. The third kappa shape index (κ3) is 3.16. The number of benzene rings is 1. The standard InChI is InChI=1S/C11H15Cl2N/c1-3-8(2)14-7-9-10(12)5-4-6-11(9)13/h4-6,8,14H,3,7H2,1-2H3. The Morgan fingerprint density at radius 3 is 2.36 bits per heavy atom. The van der Waals surface area contributed by atoms with Crippen molar-refractivity contribution < 1.29 is 0 Å². The normalized spacial score (nSPS) is 12.9. The number of hydrogen-bond acceptors (Lipinski definition) is 1. The average Bonchev–Trinajstić information content (AvgIpc) is 2.16. The molecule has 1 N–H and O–H groups in total. The molecule has 0 radical (unpaired) electrons. The van der Waals surface area contributed by atoms with E-state index in [0.717, 1.165) is 28.6 Å². The van der Waals surface area contributed by atoms with Crippen LogP contribution in [-0.4, -0.2) is 6.04 Å². The van der Waals surface area contributed by atoms with Gasteiger partial charge >= 0.3 is 0 Å². The first-order chi connectivity index (χ1) is 6.65. The van der Waals surface area contributed by atoms with E-state index in [0.29, 0.717) is 6.04 Å². The van der Waals surface area contributed by atoms with Gasteiger partial charge in [0.05, 0.1) is 0 Å². The monoisotopic (exact) mass is 231 g/mol. The first kappa shape index (κ1) is 11.8. The predicted octanol–water partition coefficient (Wildman–Crippen LogP) is 3.88. The van der Waals surface area contributed by atoms with Crippen LogP contribution in [0.5, 0.6) is 0 Å². The van der Waals surface area contributed by atoms with Gasteiger partial charge in [0.1, 0.15) is 0 Å². The molecule has 0 aliphatic heterocycles. The van der Waals surface area contributed by atoms with Gasteiger partial charge in [0.25, 0.3) is 0 Å². The zero-order valence-electron chi connectivity index (χ0n) is 8.48. The highest BCUT2D eigenvalue weighted by Gasteiger charge is 2.05. The fourth-order valence-corrected chi connectivity index (χ4v) is 1.65. The highest BCUT2D eigenvalue weighted by molar-refractivity contribution is 6.35. The molecule has 1 aromatic rings. The van der Waals surface area contributed by atoms with Gasteiger partial charge in [0.2, 0.25) is 0 Å². The van der Waals surface area contributed by atoms with Crippen molar-refractivity contribution in [3.63, 3.8) is 0 Å². The summed E-state index contributed by atoms with van der Waals surface area (Å²) < 4.78 is 0. The maximum atomic E-state index is 6.03. The van der Waals surface area contributed by atoms with E-state index in [-0.39, 0.29) is 0 Å². The highest BCUT2D eigenvalue weighted by Crippen LogP contribution is 2.23. The quantitative estimate of drug-likeness (QED) is 0.830. The summed E-state index contributed by atoms with van der Waals surface area (Å²) >= 11 is 12.1. The summed E-state index contributed by atoms with van der Waals surface area (Å²) in [6.07, 6.45) is 1.10. The van der Waals surface area contributed by atoms with Crippen LogP contribution in [0.1, 0.15) is 25.8 Å². The van der Waals surface area contributed by atoms with Crippen LogP contribution in [0.25, 0.3) is 0 Å². The lowest BCUT2D eigenvalue weighted by Gasteiger charge is -2.13. The van der Waals surface area contributed by atoms with Crippen molar-refractivity contribution in [3.8, 4) is 0 Å². The molecule has 0 amide bonds. The summed E-state index contributed by atoms with van der Waals surface area (Å²) in [6.45, 7) is 5.02. The van der Waals surface area contributed by atoms with Crippen LogP contribution in [0, 0.1) is 0 Å². The summed E-state index contributed by atoms with van der Waals surface area (Å²) in [5.41, 5.74) is 0.983. The topological polar surface area (TPSA) is 12.0 Å². The lowest BCUT2D eigenvalue weighted by atomic mass is 10.2. The van der Waals surface area contributed by atoms with E-state index in [2.05, 4.69) is 19.2 Å². The van der Waals surface area contributed by atoms with E-state index in [1.54, 1.807) is 0 Å². The summed E-state index contributed by atoms with van der Waals surface area (Å²) in [7, 11) is 0. The highest BCUT2D eigenvalue weighted by atomic mass is 35.5. The molecule has 0 saturated heterocycles. The summed E-state index contributed by atoms with van der Waals surface area (Å²) in [5.74, 6) is 0. The van der Waals surface area contributed by atoms with Gasteiger partial charge in [-0.2, -0.15) is 0 Å². The van der Waals surface area contributed by atoms with Crippen LogP contribution in [0.3, 0.4) is 0 Å². The van der Waals surface area contributed by atoms with E-state index in [1.165, 1.54) is 0 Å². The Morgan fingerprint density at radius 1 is 1.29 bits per heavy atom. The van der Waals surface area contributed by atoms with Crippen LogP contribution in [-0.2, 0) is 6.54 Å². The molecular formula is C11H15Cl2N. The third-order valence-corrected chi connectivity index (χ3v) is 3.01. The molecule has 1 rings (SSSR count). The van der Waals surface area contributed by atoms with Gasteiger partial charge < -0.3 is 5.32 Å². The maximum Gasteiger partial charge on any atom is 0.0465 e. The lowest BCUT2D eigenvalue weighted by molar-refractivity contribution is 0.534. The Balaban J connectivity index is 2.66. The molecule has 0 fully saturated rings. The Bertz CT molecular complexity index is 279. The SMILES string of the molecule is CCC(C)NCc1c(Cl)cccc1Cl. The predicted molar refractivity (Wildman–Crippen MR) is 63.1 cm³/mol. The Labute approximate surface area is 95.4 Å². The Hall–Kier alpha value is -0.240. The van der Waals surface area contributed by atoms with E-state index in [1.807, 2.05) is 18.2 Å². The minimum Gasteiger partial charge on any atom is -0.310 e. The summed E-state index contributed by atoms with van der Waals surface area (Å²) in [4.78, 5) is 0. The largest absolute Gasteiger partial charge is 0.310 e. The van der Waals surface area contributed by atoms with Gasteiger partial charge in [-0.1, -0.05) is 36.2 Å². The van der Waals surface area contributed by atoms with Crippen molar-refractivity contribution >= 4 is 23.2 Å². The molecule has 0 saturated carbocycles. The van der Waals surface area contributed by atoms with Gasteiger partial charge in [0, 0.05) is 28.2 Å². The molecule has 3 heteroatoms.